The zero-order valence-electron chi connectivity index (χ0n) is 15.1. The fourth-order valence-electron chi connectivity index (χ4n) is 2.28. The summed E-state index contributed by atoms with van der Waals surface area (Å²) < 4.78 is 43.7. The summed E-state index contributed by atoms with van der Waals surface area (Å²) in [5.41, 5.74) is -0.368. The standard InChI is InChI=1S/C15H29F3N4O.HI/c1-6-19-13(20-11-14(3,4)23-5)22-9-7-21(8-10-22)12(2)15(16,17)18;/h12H,6-11H2,1-5H3,(H,19,20);1H. The van der Waals surface area contributed by atoms with Crippen LogP contribution in [0.25, 0.3) is 0 Å². The number of halogens is 4. The molecule has 9 heteroatoms. The molecule has 0 spiro atoms. The van der Waals surface area contributed by atoms with Crippen molar-refractivity contribution < 1.29 is 17.9 Å². The highest BCUT2D eigenvalue weighted by atomic mass is 127. The fourth-order valence-corrected chi connectivity index (χ4v) is 2.28. The van der Waals surface area contributed by atoms with Crippen molar-refractivity contribution in [3.8, 4) is 0 Å². The Morgan fingerprint density at radius 3 is 2.17 bits per heavy atom. The highest BCUT2D eigenvalue weighted by molar-refractivity contribution is 14.0. The minimum Gasteiger partial charge on any atom is -0.377 e. The number of rotatable bonds is 5. The van der Waals surface area contributed by atoms with Crippen LogP contribution in [-0.4, -0.2) is 80.0 Å². The third-order valence-corrected chi connectivity index (χ3v) is 4.13. The summed E-state index contributed by atoms with van der Waals surface area (Å²) >= 11 is 0. The van der Waals surface area contributed by atoms with Gasteiger partial charge in [-0.3, -0.25) is 9.89 Å². The maximum atomic E-state index is 12.8. The summed E-state index contributed by atoms with van der Waals surface area (Å²) in [7, 11) is 1.64. The van der Waals surface area contributed by atoms with Crippen molar-refractivity contribution in [2.45, 2.75) is 45.5 Å². The third kappa shape index (κ3) is 7.30. The molecule has 1 rings (SSSR count). The van der Waals surface area contributed by atoms with Gasteiger partial charge in [0.25, 0.3) is 0 Å². The van der Waals surface area contributed by atoms with Crippen LogP contribution >= 0.6 is 24.0 Å². The van der Waals surface area contributed by atoms with E-state index in [1.165, 1.54) is 11.8 Å². The molecule has 24 heavy (non-hydrogen) atoms. The molecule has 0 aliphatic carbocycles. The predicted molar refractivity (Wildman–Crippen MR) is 101 cm³/mol. The van der Waals surface area contributed by atoms with E-state index in [4.69, 9.17) is 4.74 Å². The molecule has 0 aromatic heterocycles. The molecule has 1 fully saturated rings. The number of piperazine rings is 1. The van der Waals surface area contributed by atoms with Gasteiger partial charge in [0.2, 0.25) is 0 Å². The molecule has 144 valence electrons. The van der Waals surface area contributed by atoms with Crippen LogP contribution in [0.3, 0.4) is 0 Å². The van der Waals surface area contributed by atoms with E-state index in [2.05, 4.69) is 10.3 Å². The molecule has 1 N–H and O–H groups in total. The number of hydrogen-bond donors (Lipinski definition) is 1. The summed E-state index contributed by atoms with van der Waals surface area (Å²) in [6.45, 7) is 10.1. The van der Waals surface area contributed by atoms with Crippen LogP contribution < -0.4 is 5.32 Å². The first-order valence-electron chi connectivity index (χ1n) is 8.00. The van der Waals surface area contributed by atoms with Gasteiger partial charge in [0.05, 0.1) is 12.1 Å². The molecule has 0 radical (unpaired) electrons. The molecule has 1 saturated heterocycles. The first-order valence-corrected chi connectivity index (χ1v) is 8.00. The normalized spacial score (nSPS) is 19.0. The largest absolute Gasteiger partial charge is 0.403 e. The van der Waals surface area contributed by atoms with Crippen LogP contribution in [0.4, 0.5) is 13.2 Å². The van der Waals surface area contributed by atoms with Crippen molar-refractivity contribution in [2.24, 2.45) is 4.99 Å². The molecular formula is C15H30F3IN4O. The highest BCUT2D eigenvalue weighted by Crippen LogP contribution is 2.25. The van der Waals surface area contributed by atoms with Crippen LogP contribution in [0.15, 0.2) is 4.99 Å². The van der Waals surface area contributed by atoms with Gasteiger partial charge in [-0.2, -0.15) is 13.2 Å². The van der Waals surface area contributed by atoms with Crippen LogP contribution in [0.1, 0.15) is 27.7 Å². The quantitative estimate of drug-likeness (QED) is 0.384. The Hall–Kier alpha value is -0.290. The van der Waals surface area contributed by atoms with E-state index in [0.717, 1.165) is 5.96 Å². The smallest absolute Gasteiger partial charge is 0.377 e. The summed E-state index contributed by atoms with van der Waals surface area (Å²) in [6.07, 6.45) is -4.18. The molecule has 0 amide bonds. The van der Waals surface area contributed by atoms with Gasteiger partial charge in [-0.05, 0) is 27.7 Å². The van der Waals surface area contributed by atoms with Crippen molar-refractivity contribution in [2.75, 3.05) is 46.4 Å². The number of guanidine groups is 1. The first-order chi connectivity index (χ1) is 10.6. The van der Waals surface area contributed by atoms with Crippen molar-refractivity contribution in [1.29, 1.82) is 0 Å². The lowest BCUT2D eigenvalue weighted by Crippen LogP contribution is -2.57. The number of hydrogen-bond acceptors (Lipinski definition) is 3. The third-order valence-electron chi connectivity index (χ3n) is 4.13. The number of methoxy groups -OCH3 is 1. The van der Waals surface area contributed by atoms with E-state index in [1.807, 2.05) is 25.7 Å². The van der Waals surface area contributed by atoms with Crippen LogP contribution in [-0.2, 0) is 4.74 Å². The molecule has 1 heterocycles. The van der Waals surface area contributed by atoms with Gasteiger partial charge in [-0.1, -0.05) is 0 Å². The second kappa shape index (κ2) is 10.0. The second-order valence-electron chi connectivity index (χ2n) is 6.37. The number of nitrogens with zero attached hydrogens (tertiary/aromatic N) is 3. The average Bonchev–Trinajstić information content (AvgIpc) is 2.50. The van der Waals surface area contributed by atoms with Gasteiger partial charge in [0, 0.05) is 39.8 Å². The maximum absolute atomic E-state index is 12.8. The average molecular weight is 466 g/mol. The highest BCUT2D eigenvalue weighted by Gasteiger charge is 2.41. The summed E-state index contributed by atoms with van der Waals surface area (Å²) in [6, 6.07) is -1.41. The number of aliphatic imine (C=N–C) groups is 1. The van der Waals surface area contributed by atoms with E-state index in [0.29, 0.717) is 39.3 Å². The van der Waals surface area contributed by atoms with E-state index < -0.39 is 12.2 Å². The number of alkyl halides is 3. The Balaban J connectivity index is 0.00000529. The molecule has 0 saturated carbocycles. The van der Waals surface area contributed by atoms with Crippen molar-refractivity contribution in [3.63, 3.8) is 0 Å². The summed E-state index contributed by atoms with van der Waals surface area (Å²) in [5, 5.41) is 3.20. The van der Waals surface area contributed by atoms with Crippen molar-refractivity contribution >= 4 is 29.9 Å². The Bertz CT molecular complexity index is 397. The van der Waals surface area contributed by atoms with E-state index in [1.54, 1.807) is 7.11 Å². The van der Waals surface area contributed by atoms with Gasteiger partial charge in [0.1, 0.15) is 6.04 Å². The molecule has 1 atom stereocenters. The van der Waals surface area contributed by atoms with Gasteiger partial charge in [0.15, 0.2) is 5.96 Å². The van der Waals surface area contributed by atoms with Crippen LogP contribution in [0.5, 0.6) is 0 Å². The second-order valence-corrected chi connectivity index (χ2v) is 6.37. The molecule has 0 aromatic rings. The zero-order valence-corrected chi connectivity index (χ0v) is 17.4. The lowest BCUT2D eigenvalue weighted by atomic mass is 10.1. The minimum atomic E-state index is -4.18. The van der Waals surface area contributed by atoms with Gasteiger partial charge >= 0.3 is 6.18 Å². The predicted octanol–water partition coefficient (Wildman–Crippen LogP) is 2.56. The van der Waals surface area contributed by atoms with Gasteiger partial charge in [-0.15, -0.1) is 24.0 Å². The Labute approximate surface area is 160 Å². The van der Waals surface area contributed by atoms with E-state index >= 15 is 0 Å². The van der Waals surface area contributed by atoms with Gasteiger partial charge in [-0.25, -0.2) is 0 Å². The SMILES string of the molecule is CCNC(=NCC(C)(C)OC)N1CCN(C(C)C(F)(F)F)CC1.I. The van der Waals surface area contributed by atoms with Crippen LogP contribution in [0, 0.1) is 0 Å². The Morgan fingerprint density at radius 2 is 1.75 bits per heavy atom. The molecular weight excluding hydrogens is 436 g/mol. The van der Waals surface area contributed by atoms with Crippen LogP contribution in [0.2, 0.25) is 0 Å². The molecule has 1 aliphatic rings. The van der Waals surface area contributed by atoms with E-state index in [9.17, 15) is 13.2 Å². The first kappa shape index (κ1) is 23.7. The summed E-state index contributed by atoms with van der Waals surface area (Å²) in [4.78, 5) is 8.04. The molecule has 1 unspecified atom stereocenters. The van der Waals surface area contributed by atoms with Crippen molar-refractivity contribution in [1.82, 2.24) is 15.1 Å². The lowest BCUT2D eigenvalue weighted by Gasteiger charge is -2.39. The molecule has 5 nitrogen and oxygen atoms in total. The topological polar surface area (TPSA) is 40.1 Å². The molecule has 0 bridgehead atoms. The lowest BCUT2D eigenvalue weighted by molar-refractivity contribution is -0.181. The van der Waals surface area contributed by atoms with Crippen molar-refractivity contribution in [3.05, 3.63) is 0 Å². The Morgan fingerprint density at radius 1 is 1.21 bits per heavy atom. The number of nitrogens with one attached hydrogen (secondary N) is 1. The fraction of sp³-hybridized carbons (Fsp3) is 0.933. The Kier molecular flexibility index (Phi) is 9.88. The minimum absolute atomic E-state index is 0. The zero-order chi connectivity index (χ0) is 17.7. The molecule has 0 aromatic carbocycles. The van der Waals surface area contributed by atoms with Gasteiger partial charge < -0.3 is 15.0 Å². The monoisotopic (exact) mass is 466 g/mol. The maximum Gasteiger partial charge on any atom is 0.403 e. The molecule has 1 aliphatic heterocycles. The number of ether oxygens (including phenoxy) is 1. The summed E-state index contributed by atoms with van der Waals surface area (Å²) in [5.74, 6) is 0.733. The van der Waals surface area contributed by atoms with E-state index in [-0.39, 0.29) is 29.6 Å².